The second-order valence-electron chi connectivity index (χ2n) is 6.13. The maximum Gasteiger partial charge on any atom is 0.0803 e. The molecule has 0 amide bonds. The van der Waals surface area contributed by atoms with E-state index in [4.69, 9.17) is 0 Å². The van der Waals surface area contributed by atoms with E-state index in [-0.39, 0.29) is 0 Å². The first-order valence-corrected chi connectivity index (χ1v) is 8.43. The Kier molecular flexibility index (Phi) is 5.34. The van der Waals surface area contributed by atoms with Crippen LogP contribution in [0.2, 0.25) is 0 Å². The van der Waals surface area contributed by atoms with Gasteiger partial charge in [-0.3, -0.25) is 0 Å². The summed E-state index contributed by atoms with van der Waals surface area (Å²) in [6.07, 6.45) is 6.23. The number of aromatic nitrogens is 2. The van der Waals surface area contributed by atoms with Crippen LogP contribution < -0.4 is 5.32 Å². The fourth-order valence-electron chi connectivity index (χ4n) is 3.33. The van der Waals surface area contributed by atoms with E-state index in [1.807, 2.05) is 0 Å². The van der Waals surface area contributed by atoms with Gasteiger partial charge in [-0.25, -0.2) is 0 Å². The molecule has 1 aromatic heterocycles. The first kappa shape index (κ1) is 14.9. The Bertz CT molecular complexity index is 390. The standard InChI is InChI=1S/C15H27N3S/c1-5-6-13-15(19-18-17-13)14(16-4)12-8-7-10(2)11(3)9-12/h10-12,14,16H,5-9H2,1-4H3. The lowest BCUT2D eigenvalue weighted by Gasteiger charge is -2.36. The summed E-state index contributed by atoms with van der Waals surface area (Å²) in [6, 6.07) is 0.455. The van der Waals surface area contributed by atoms with Crippen molar-refractivity contribution in [3.8, 4) is 0 Å². The van der Waals surface area contributed by atoms with Gasteiger partial charge in [0.05, 0.1) is 10.6 Å². The van der Waals surface area contributed by atoms with Crippen LogP contribution in [0.5, 0.6) is 0 Å². The molecule has 0 spiro atoms. The van der Waals surface area contributed by atoms with Crippen LogP contribution >= 0.6 is 11.5 Å². The lowest BCUT2D eigenvalue weighted by atomic mass is 9.73. The Morgan fingerprint density at radius 2 is 2.11 bits per heavy atom. The minimum atomic E-state index is 0.455. The molecule has 0 bridgehead atoms. The van der Waals surface area contributed by atoms with Crippen molar-refractivity contribution in [2.45, 2.75) is 58.9 Å². The summed E-state index contributed by atoms with van der Waals surface area (Å²) in [5, 5.41) is 7.87. The zero-order valence-corrected chi connectivity index (χ0v) is 13.5. The van der Waals surface area contributed by atoms with Crippen molar-refractivity contribution in [1.82, 2.24) is 14.9 Å². The van der Waals surface area contributed by atoms with Crippen LogP contribution in [0.1, 0.15) is 63.1 Å². The Hall–Kier alpha value is -0.480. The quantitative estimate of drug-likeness (QED) is 0.891. The van der Waals surface area contributed by atoms with Crippen LogP contribution in [0, 0.1) is 17.8 Å². The molecule has 1 heterocycles. The normalized spacial score (nSPS) is 29.4. The third-order valence-corrected chi connectivity index (χ3v) is 5.63. The highest BCUT2D eigenvalue weighted by molar-refractivity contribution is 7.05. The van der Waals surface area contributed by atoms with E-state index in [2.05, 4.69) is 42.7 Å². The number of rotatable bonds is 5. The topological polar surface area (TPSA) is 37.8 Å². The second-order valence-corrected chi connectivity index (χ2v) is 6.91. The van der Waals surface area contributed by atoms with Crippen molar-refractivity contribution in [1.29, 1.82) is 0 Å². The first-order chi connectivity index (χ1) is 9.17. The zero-order valence-electron chi connectivity index (χ0n) is 12.6. The molecule has 1 saturated carbocycles. The highest BCUT2D eigenvalue weighted by Gasteiger charge is 2.32. The SMILES string of the molecule is CCCc1nnsc1C(NC)C1CCC(C)C(C)C1. The number of nitrogens with zero attached hydrogens (tertiary/aromatic N) is 2. The van der Waals surface area contributed by atoms with Gasteiger partial charge in [0.2, 0.25) is 0 Å². The summed E-state index contributed by atoms with van der Waals surface area (Å²) in [5.74, 6) is 2.46. The lowest BCUT2D eigenvalue weighted by molar-refractivity contribution is 0.175. The predicted molar refractivity (Wildman–Crippen MR) is 81.4 cm³/mol. The van der Waals surface area contributed by atoms with Gasteiger partial charge in [0.25, 0.3) is 0 Å². The van der Waals surface area contributed by atoms with Gasteiger partial charge in [0, 0.05) is 6.04 Å². The maximum absolute atomic E-state index is 4.33. The molecule has 1 aliphatic carbocycles. The summed E-state index contributed by atoms with van der Waals surface area (Å²) in [5.41, 5.74) is 1.22. The summed E-state index contributed by atoms with van der Waals surface area (Å²) >= 11 is 1.59. The molecular weight excluding hydrogens is 254 g/mol. The number of hydrogen-bond acceptors (Lipinski definition) is 4. The minimum Gasteiger partial charge on any atom is -0.312 e. The third-order valence-electron chi connectivity index (χ3n) is 4.78. The molecule has 4 heteroatoms. The molecule has 1 aliphatic rings. The fraction of sp³-hybridized carbons (Fsp3) is 0.867. The van der Waals surface area contributed by atoms with Crippen molar-refractivity contribution < 1.29 is 0 Å². The average molecular weight is 281 g/mol. The van der Waals surface area contributed by atoms with Gasteiger partial charge in [-0.1, -0.05) is 38.1 Å². The highest BCUT2D eigenvalue weighted by Crippen LogP contribution is 2.41. The van der Waals surface area contributed by atoms with Crippen LogP contribution in [0.4, 0.5) is 0 Å². The Labute approximate surface area is 121 Å². The van der Waals surface area contributed by atoms with Gasteiger partial charge in [0.1, 0.15) is 0 Å². The van der Waals surface area contributed by atoms with Crippen molar-refractivity contribution >= 4 is 11.5 Å². The molecule has 1 aromatic rings. The lowest BCUT2D eigenvalue weighted by Crippen LogP contribution is -2.31. The molecule has 0 aliphatic heterocycles. The monoisotopic (exact) mass is 281 g/mol. The minimum absolute atomic E-state index is 0.455. The van der Waals surface area contributed by atoms with Crippen molar-refractivity contribution in [2.75, 3.05) is 7.05 Å². The molecule has 1 N–H and O–H groups in total. The van der Waals surface area contributed by atoms with E-state index in [9.17, 15) is 0 Å². The molecular formula is C15H27N3S. The Morgan fingerprint density at radius 3 is 2.74 bits per heavy atom. The molecule has 3 nitrogen and oxygen atoms in total. The molecule has 1 fully saturated rings. The van der Waals surface area contributed by atoms with Crippen molar-refractivity contribution in [2.24, 2.45) is 17.8 Å². The van der Waals surface area contributed by atoms with Crippen LogP contribution in [0.3, 0.4) is 0 Å². The van der Waals surface area contributed by atoms with Crippen LogP contribution in [0.15, 0.2) is 0 Å². The average Bonchev–Trinajstić information content (AvgIpc) is 2.83. The molecule has 4 unspecified atom stereocenters. The molecule has 4 atom stereocenters. The summed E-state index contributed by atoms with van der Waals surface area (Å²) in [4.78, 5) is 1.39. The summed E-state index contributed by atoms with van der Waals surface area (Å²) < 4.78 is 4.19. The van der Waals surface area contributed by atoms with Crippen molar-refractivity contribution in [3.63, 3.8) is 0 Å². The van der Waals surface area contributed by atoms with E-state index in [0.717, 1.165) is 30.6 Å². The molecule has 2 rings (SSSR count). The van der Waals surface area contributed by atoms with Gasteiger partial charge in [-0.2, -0.15) is 0 Å². The van der Waals surface area contributed by atoms with Crippen LogP contribution in [0.25, 0.3) is 0 Å². The van der Waals surface area contributed by atoms with E-state index < -0.39 is 0 Å². The highest BCUT2D eigenvalue weighted by atomic mass is 32.1. The Balaban J connectivity index is 2.13. The van der Waals surface area contributed by atoms with Crippen molar-refractivity contribution in [3.05, 3.63) is 10.6 Å². The van der Waals surface area contributed by atoms with E-state index >= 15 is 0 Å². The molecule has 0 aromatic carbocycles. The van der Waals surface area contributed by atoms with E-state index in [1.54, 1.807) is 11.5 Å². The van der Waals surface area contributed by atoms with E-state index in [0.29, 0.717) is 6.04 Å². The number of hydrogen-bond donors (Lipinski definition) is 1. The van der Waals surface area contributed by atoms with Crippen LogP contribution in [-0.2, 0) is 6.42 Å². The fourth-order valence-corrected chi connectivity index (χ4v) is 4.23. The molecule has 108 valence electrons. The summed E-state index contributed by atoms with van der Waals surface area (Å²) in [7, 11) is 2.09. The zero-order chi connectivity index (χ0) is 13.8. The van der Waals surface area contributed by atoms with E-state index in [1.165, 1.54) is 29.8 Å². The largest absolute Gasteiger partial charge is 0.312 e. The van der Waals surface area contributed by atoms with Gasteiger partial charge < -0.3 is 5.32 Å². The van der Waals surface area contributed by atoms with Gasteiger partial charge >= 0.3 is 0 Å². The molecule has 0 saturated heterocycles. The van der Waals surface area contributed by atoms with Gasteiger partial charge in [-0.05, 0) is 55.6 Å². The Morgan fingerprint density at radius 1 is 1.32 bits per heavy atom. The molecule has 0 radical (unpaired) electrons. The predicted octanol–water partition coefficient (Wildman–Crippen LogP) is 3.82. The smallest absolute Gasteiger partial charge is 0.0803 e. The third kappa shape index (κ3) is 3.34. The van der Waals surface area contributed by atoms with Crippen LogP contribution in [-0.4, -0.2) is 16.6 Å². The van der Waals surface area contributed by atoms with Gasteiger partial charge in [-0.15, -0.1) is 5.10 Å². The summed E-state index contributed by atoms with van der Waals surface area (Å²) in [6.45, 7) is 7.01. The number of aryl methyl sites for hydroxylation is 1. The first-order valence-electron chi connectivity index (χ1n) is 7.65. The number of nitrogens with one attached hydrogen (secondary N) is 1. The van der Waals surface area contributed by atoms with Gasteiger partial charge in [0.15, 0.2) is 0 Å². The maximum atomic E-state index is 4.33. The molecule has 19 heavy (non-hydrogen) atoms. The second kappa shape index (κ2) is 6.80.